The Hall–Kier alpha value is -3.85. The molecule has 1 atom stereocenters. The molecule has 1 unspecified atom stereocenters. The van der Waals surface area contributed by atoms with E-state index >= 15 is 0 Å². The molecule has 2 heterocycles. The molecule has 0 saturated heterocycles. The van der Waals surface area contributed by atoms with Gasteiger partial charge in [-0.1, -0.05) is 42.5 Å². The van der Waals surface area contributed by atoms with Crippen molar-refractivity contribution in [1.82, 2.24) is 10.3 Å². The lowest BCUT2D eigenvalue weighted by Crippen LogP contribution is -2.31. The van der Waals surface area contributed by atoms with Gasteiger partial charge in [0.1, 0.15) is 11.8 Å². The van der Waals surface area contributed by atoms with Crippen molar-refractivity contribution >= 4 is 23.3 Å². The van der Waals surface area contributed by atoms with Crippen molar-refractivity contribution in [2.75, 3.05) is 7.05 Å². The van der Waals surface area contributed by atoms with Crippen LogP contribution in [0.2, 0.25) is 0 Å². The maximum Gasteiger partial charge on any atom is 0.407 e. The van der Waals surface area contributed by atoms with Gasteiger partial charge in [0, 0.05) is 23.3 Å². The third kappa shape index (κ3) is 5.25. The second-order valence-corrected chi connectivity index (χ2v) is 6.85. The summed E-state index contributed by atoms with van der Waals surface area (Å²) in [5.41, 5.74) is 8.32. The number of carbonyl (C=O) groups is 2. The van der Waals surface area contributed by atoms with Gasteiger partial charge < -0.3 is 20.5 Å². The molecule has 32 heavy (non-hydrogen) atoms. The molecule has 0 aliphatic rings. The zero-order valence-corrected chi connectivity index (χ0v) is 16.9. The summed E-state index contributed by atoms with van der Waals surface area (Å²) in [7, 11) is 1.22. The predicted molar refractivity (Wildman–Crippen MR) is 114 cm³/mol. The summed E-state index contributed by atoms with van der Waals surface area (Å²) >= 11 is 0. The van der Waals surface area contributed by atoms with Gasteiger partial charge in [0.05, 0.1) is 11.2 Å². The molecular weight excluding hydrogens is 423 g/mol. The number of aromatic amines is 1. The number of amides is 1. The molecule has 4 N–H and O–H groups in total. The van der Waals surface area contributed by atoms with E-state index in [0.717, 1.165) is 23.1 Å². The van der Waals surface area contributed by atoms with Crippen molar-refractivity contribution in [1.29, 1.82) is 0 Å². The molecular formula is C23H20F3N3O3. The van der Waals surface area contributed by atoms with Gasteiger partial charge in [0.25, 0.3) is 0 Å². The van der Waals surface area contributed by atoms with Crippen molar-refractivity contribution in [2.45, 2.75) is 12.2 Å². The van der Waals surface area contributed by atoms with E-state index in [1.54, 1.807) is 6.07 Å². The number of primary amides is 1. The van der Waals surface area contributed by atoms with Crippen molar-refractivity contribution in [3.05, 3.63) is 83.6 Å². The fraction of sp³-hybridized carbons (Fsp3) is 0.130. The molecule has 2 aromatic carbocycles. The standard InChI is InChI=1S/C13H9NO2.C10H11F3N2O/c15-8-10-6-13-11(14-10)7-12(16-13)9-4-2-1-3-5-9;1-15-8(10(11,12)13)6-2-4-7(5-3-6)9(14)16/h1-8,14H;2-5,8,15H,1H3,(H2,14,16). The third-order valence-electron chi connectivity index (χ3n) is 4.66. The van der Waals surface area contributed by atoms with Gasteiger partial charge in [-0.05, 0) is 24.7 Å². The summed E-state index contributed by atoms with van der Waals surface area (Å²) in [4.78, 5) is 24.3. The Labute approximate surface area is 181 Å². The summed E-state index contributed by atoms with van der Waals surface area (Å²) in [5.74, 6) is 0.138. The number of alkyl halides is 3. The molecule has 0 aliphatic carbocycles. The molecule has 2 aromatic heterocycles. The number of H-pyrrole nitrogens is 1. The van der Waals surface area contributed by atoms with E-state index in [4.69, 9.17) is 10.2 Å². The Morgan fingerprint density at radius 1 is 1.09 bits per heavy atom. The number of nitrogens with one attached hydrogen (secondary N) is 2. The first kappa shape index (κ1) is 22.8. The van der Waals surface area contributed by atoms with E-state index in [1.807, 2.05) is 36.4 Å². The lowest BCUT2D eigenvalue weighted by Gasteiger charge is -2.19. The van der Waals surface area contributed by atoms with Crippen LogP contribution in [0.5, 0.6) is 0 Å². The van der Waals surface area contributed by atoms with Gasteiger partial charge in [0.2, 0.25) is 5.91 Å². The molecule has 9 heteroatoms. The Morgan fingerprint density at radius 2 is 1.75 bits per heavy atom. The van der Waals surface area contributed by atoms with E-state index in [-0.39, 0.29) is 11.1 Å². The molecule has 0 fully saturated rings. The summed E-state index contributed by atoms with van der Waals surface area (Å²) in [6.07, 6.45) is -3.60. The van der Waals surface area contributed by atoms with Gasteiger partial charge in [-0.2, -0.15) is 13.2 Å². The maximum atomic E-state index is 12.5. The highest BCUT2D eigenvalue weighted by Gasteiger charge is 2.39. The molecule has 0 aliphatic heterocycles. The summed E-state index contributed by atoms with van der Waals surface area (Å²) < 4.78 is 43.2. The number of rotatable bonds is 5. The topological polar surface area (TPSA) is 101 Å². The Bertz CT molecular complexity index is 1160. The SMILES string of the molecule is CNC(c1ccc(C(N)=O)cc1)C(F)(F)F.O=Cc1cc2oc(-c3ccccc3)cc2[nH]1. The quantitative estimate of drug-likeness (QED) is 0.384. The van der Waals surface area contributed by atoms with Crippen LogP contribution in [-0.2, 0) is 0 Å². The van der Waals surface area contributed by atoms with Crippen LogP contribution >= 0.6 is 0 Å². The molecule has 1 amide bonds. The number of benzene rings is 2. The van der Waals surface area contributed by atoms with Crippen LogP contribution in [0.15, 0.2) is 71.1 Å². The number of hydrogen-bond acceptors (Lipinski definition) is 4. The summed E-state index contributed by atoms with van der Waals surface area (Å²) in [6.45, 7) is 0. The average molecular weight is 443 g/mol. The van der Waals surface area contributed by atoms with Gasteiger partial charge in [-0.15, -0.1) is 0 Å². The largest absolute Gasteiger partial charge is 0.454 e. The second-order valence-electron chi connectivity index (χ2n) is 6.85. The van der Waals surface area contributed by atoms with Crippen LogP contribution in [0.3, 0.4) is 0 Å². The molecule has 4 rings (SSSR count). The monoisotopic (exact) mass is 443 g/mol. The molecule has 6 nitrogen and oxygen atoms in total. The van der Waals surface area contributed by atoms with Crippen LogP contribution in [0.4, 0.5) is 13.2 Å². The van der Waals surface area contributed by atoms with Crippen LogP contribution in [-0.4, -0.2) is 30.4 Å². The van der Waals surface area contributed by atoms with Gasteiger partial charge >= 0.3 is 6.18 Å². The molecule has 0 bridgehead atoms. The zero-order chi connectivity index (χ0) is 23.3. The van der Waals surface area contributed by atoms with Crippen molar-refractivity contribution < 1.29 is 27.2 Å². The number of hydrogen-bond donors (Lipinski definition) is 3. The summed E-state index contributed by atoms with van der Waals surface area (Å²) in [5, 5.41) is 2.17. The molecule has 0 saturated carbocycles. The Morgan fingerprint density at radius 3 is 2.25 bits per heavy atom. The van der Waals surface area contributed by atoms with E-state index < -0.39 is 18.1 Å². The number of halogens is 3. The van der Waals surface area contributed by atoms with Crippen molar-refractivity contribution in [3.8, 4) is 11.3 Å². The third-order valence-corrected chi connectivity index (χ3v) is 4.66. The van der Waals surface area contributed by atoms with E-state index in [2.05, 4.69) is 10.3 Å². The zero-order valence-electron chi connectivity index (χ0n) is 16.9. The van der Waals surface area contributed by atoms with Gasteiger partial charge in [-0.25, -0.2) is 0 Å². The predicted octanol–water partition coefficient (Wildman–Crippen LogP) is 4.85. The number of fused-ring (bicyclic) bond motifs is 1. The van der Waals surface area contributed by atoms with Crippen LogP contribution < -0.4 is 11.1 Å². The van der Waals surface area contributed by atoms with E-state index in [9.17, 15) is 22.8 Å². The van der Waals surface area contributed by atoms with Gasteiger partial charge in [0.15, 0.2) is 11.9 Å². The molecule has 0 spiro atoms. The van der Waals surface area contributed by atoms with E-state index in [0.29, 0.717) is 11.3 Å². The Kier molecular flexibility index (Phi) is 6.79. The number of carbonyl (C=O) groups excluding carboxylic acids is 2. The normalized spacial score (nSPS) is 12.1. The van der Waals surface area contributed by atoms with Gasteiger partial charge in [-0.3, -0.25) is 9.59 Å². The smallest absolute Gasteiger partial charge is 0.407 e. The van der Waals surface area contributed by atoms with Crippen LogP contribution in [0.25, 0.3) is 22.4 Å². The fourth-order valence-electron chi connectivity index (χ4n) is 3.11. The number of furan rings is 1. The first-order valence-corrected chi connectivity index (χ1v) is 9.50. The molecule has 166 valence electrons. The highest BCUT2D eigenvalue weighted by Crippen LogP contribution is 2.32. The van der Waals surface area contributed by atoms with Crippen LogP contribution in [0.1, 0.15) is 32.5 Å². The Balaban J connectivity index is 0.000000181. The van der Waals surface area contributed by atoms with Crippen LogP contribution in [0, 0.1) is 0 Å². The highest BCUT2D eigenvalue weighted by atomic mass is 19.4. The minimum absolute atomic E-state index is 0.0417. The first-order chi connectivity index (χ1) is 15.2. The van der Waals surface area contributed by atoms with E-state index in [1.165, 1.54) is 31.3 Å². The number of aldehydes is 1. The minimum atomic E-state index is -4.37. The van der Waals surface area contributed by atoms with Crippen molar-refractivity contribution in [3.63, 3.8) is 0 Å². The lowest BCUT2D eigenvalue weighted by molar-refractivity contribution is -0.156. The molecule has 0 radical (unpaired) electrons. The maximum absolute atomic E-state index is 12.5. The lowest BCUT2D eigenvalue weighted by atomic mass is 10.0. The second kappa shape index (κ2) is 9.52. The molecule has 4 aromatic rings. The summed E-state index contributed by atoms with van der Waals surface area (Å²) in [6, 6.07) is 16.7. The van der Waals surface area contributed by atoms with Crippen molar-refractivity contribution in [2.24, 2.45) is 5.73 Å². The highest BCUT2D eigenvalue weighted by molar-refractivity contribution is 5.92. The average Bonchev–Trinajstić information content (AvgIpc) is 3.34. The number of aromatic nitrogens is 1. The number of nitrogens with two attached hydrogens (primary N) is 1. The first-order valence-electron chi connectivity index (χ1n) is 9.50. The fourth-order valence-corrected chi connectivity index (χ4v) is 3.11. The minimum Gasteiger partial charge on any atom is -0.454 e.